The fraction of sp³-hybridized carbons (Fsp3) is 0.455. The number of carbonyl (C=O) groups excluding carboxylic acids is 2. The molecule has 2 aliphatic heterocycles. The van der Waals surface area contributed by atoms with Gasteiger partial charge in [0.05, 0.1) is 30.5 Å². The number of halogens is 1. The van der Waals surface area contributed by atoms with Crippen LogP contribution in [0.25, 0.3) is 0 Å². The van der Waals surface area contributed by atoms with Crippen LogP contribution < -0.4 is 0 Å². The smallest absolute Gasteiger partial charge is 0.257 e. The van der Waals surface area contributed by atoms with E-state index in [0.717, 1.165) is 19.3 Å². The number of carbonyl (C=O) groups is 2. The predicted molar refractivity (Wildman–Crippen MR) is 108 cm³/mol. The first-order chi connectivity index (χ1) is 14.5. The van der Waals surface area contributed by atoms with Gasteiger partial charge in [-0.1, -0.05) is 0 Å². The van der Waals surface area contributed by atoms with Crippen molar-refractivity contribution in [2.24, 2.45) is 0 Å². The lowest BCUT2D eigenvalue weighted by atomic mass is 9.99. The molecule has 2 aliphatic rings. The number of aromatic nitrogens is 2. The number of benzene rings is 1. The minimum Gasteiger partial charge on any atom is -0.378 e. The van der Waals surface area contributed by atoms with Gasteiger partial charge in [-0.25, -0.2) is 14.4 Å². The predicted octanol–water partition coefficient (Wildman–Crippen LogP) is 2.76. The maximum atomic E-state index is 13.2. The molecule has 1 aromatic carbocycles. The fourth-order valence-corrected chi connectivity index (χ4v) is 3.99. The number of piperidine rings is 1. The van der Waals surface area contributed by atoms with Crippen molar-refractivity contribution in [3.05, 3.63) is 58.9 Å². The molecule has 0 radical (unpaired) electrons. The van der Waals surface area contributed by atoms with Gasteiger partial charge in [0.2, 0.25) is 0 Å². The second kappa shape index (κ2) is 8.87. The van der Waals surface area contributed by atoms with Crippen LogP contribution in [0.1, 0.15) is 57.5 Å². The van der Waals surface area contributed by atoms with Crippen molar-refractivity contribution in [2.75, 3.05) is 32.8 Å². The van der Waals surface area contributed by atoms with Gasteiger partial charge in [0.25, 0.3) is 11.8 Å². The number of ether oxygens (including phenoxy) is 1. The first-order valence-electron chi connectivity index (χ1n) is 10.3. The Bertz CT molecular complexity index is 928. The first-order valence-corrected chi connectivity index (χ1v) is 10.3. The highest BCUT2D eigenvalue weighted by molar-refractivity contribution is 5.95. The summed E-state index contributed by atoms with van der Waals surface area (Å²) in [5, 5.41) is 0. The summed E-state index contributed by atoms with van der Waals surface area (Å²) in [7, 11) is 0. The zero-order valence-electron chi connectivity index (χ0n) is 17.0. The lowest BCUT2D eigenvalue weighted by Gasteiger charge is -2.35. The molecule has 0 spiro atoms. The van der Waals surface area contributed by atoms with Crippen LogP contribution >= 0.6 is 0 Å². The van der Waals surface area contributed by atoms with E-state index in [2.05, 4.69) is 9.97 Å². The SMILES string of the molecule is Cc1nc([C@H]2CCCCN2C(=O)c2ccc(F)cc2)ncc1C(=O)N1CCOCC1. The zero-order valence-corrected chi connectivity index (χ0v) is 17.0. The van der Waals surface area contributed by atoms with E-state index in [-0.39, 0.29) is 23.7 Å². The molecule has 2 fully saturated rings. The molecule has 30 heavy (non-hydrogen) atoms. The van der Waals surface area contributed by atoms with E-state index in [1.54, 1.807) is 22.9 Å². The van der Waals surface area contributed by atoms with Gasteiger partial charge in [-0.2, -0.15) is 0 Å². The molecule has 3 heterocycles. The third-order valence-electron chi connectivity index (χ3n) is 5.68. The quantitative estimate of drug-likeness (QED) is 0.775. The van der Waals surface area contributed by atoms with Gasteiger partial charge in [-0.05, 0) is 50.5 Å². The molecule has 7 nitrogen and oxygen atoms in total. The van der Waals surface area contributed by atoms with Crippen LogP contribution in [-0.2, 0) is 4.74 Å². The molecule has 1 aromatic heterocycles. The summed E-state index contributed by atoms with van der Waals surface area (Å²) in [4.78, 5) is 38.4. The second-order valence-electron chi connectivity index (χ2n) is 7.65. The molecule has 0 bridgehead atoms. The number of rotatable bonds is 3. The number of hydrogen-bond acceptors (Lipinski definition) is 5. The molecule has 0 saturated carbocycles. The highest BCUT2D eigenvalue weighted by Crippen LogP contribution is 2.30. The van der Waals surface area contributed by atoms with Gasteiger partial charge in [0.15, 0.2) is 5.82 Å². The standard InChI is InChI=1S/C22H25FN4O3/c1-15-18(22(29)26-10-12-30-13-11-26)14-24-20(25-15)19-4-2-3-9-27(19)21(28)16-5-7-17(23)8-6-16/h5-8,14,19H,2-4,9-13H2,1H3/t19-/m1/s1. The van der Waals surface area contributed by atoms with Crippen molar-refractivity contribution in [3.8, 4) is 0 Å². The van der Waals surface area contributed by atoms with Gasteiger partial charge in [0, 0.05) is 31.4 Å². The third kappa shape index (κ3) is 4.18. The van der Waals surface area contributed by atoms with E-state index < -0.39 is 0 Å². The summed E-state index contributed by atoms with van der Waals surface area (Å²) in [6.07, 6.45) is 4.19. The van der Waals surface area contributed by atoms with E-state index in [1.807, 2.05) is 0 Å². The lowest BCUT2D eigenvalue weighted by molar-refractivity contribution is 0.0301. The molecule has 2 amide bonds. The Kier molecular flexibility index (Phi) is 6.03. The van der Waals surface area contributed by atoms with Crippen molar-refractivity contribution in [1.82, 2.24) is 19.8 Å². The fourth-order valence-electron chi connectivity index (χ4n) is 3.99. The lowest BCUT2D eigenvalue weighted by Crippen LogP contribution is -2.41. The number of nitrogens with zero attached hydrogens (tertiary/aromatic N) is 4. The Morgan fingerprint density at radius 2 is 1.80 bits per heavy atom. The minimum atomic E-state index is -0.374. The van der Waals surface area contributed by atoms with Crippen LogP contribution in [0.3, 0.4) is 0 Å². The molecule has 2 saturated heterocycles. The van der Waals surface area contributed by atoms with E-state index >= 15 is 0 Å². The number of aryl methyl sites for hydroxylation is 1. The molecule has 1 atom stereocenters. The molecule has 0 N–H and O–H groups in total. The summed E-state index contributed by atoms with van der Waals surface area (Å²) in [6.45, 7) is 4.58. The van der Waals surface area contributed by atoms with Crippen LogP contribution in [0, 0.1) is 12.7 Å². The van der Waals surface area contributed by atoms with E-state index in [0.29, 0.717) is 55.5 Å². The Morgan fingerprint density at radius 3 is 2.50 bits per heavy atom. The molecule has 158 valence electrons. The van der Waals surface area contributed by atoms with Crippen LogP contribution in [0.15, 0.2) is 30.5 Å². The summed E-state index contributed by atoms with van der Waals surface area (Å²) < 4.78 is 18.5. The summed E-state index contributed by atoms with van der Waals surface area (Å²) >= 11 is 0. The number of hydrogen-bond donors (Lipinski definition) is 0. The van der Waals surface area contributed by atoms with Crippen LogP contribution in [0.2, 0.25) is 0 Å². The summed E-state index contributed by atoms with van der Waals surface area (Å²) in [6, 6.07) is 5.32. The highest BCUT2D eigenvalue weighted by Gasteiger charge is 2.31. The minimum absolute atomic E-state index is 0.0924. The van der Waals surface area contributed by atoms with E-state index in [9.17, 15) is 14.0 Å². The number of morpholine rings is 1. The van der Waals surface area contributed by atoms with Crippen molar-refractivity contribution in [2.45, 2.75) is 32.2 Å². The third-order valence-corrected chi connectivity index (χ3v) is 5.68. The van der Waals surface area contributed by atoms with Crippen LogP contribution in [0.5, 0.6) is 0 Å². The summed E-state index contributed by atoms with van der Waals surface area (Å²) in [5.74, 6) is -0.0814. The summed E-state index contributed by atoms with van der Waals surface area (Å²) in [5.41, 5.74) is 1.53. The second-order valence-corrected chi connectivity index (χ2v) is 7.65. The van der Waals surface area contributed by atoms with Crippen LogP contribution in [0.4, 0.5) is 4.39 Å². The van der Waals surface area contributed by atoms with Gasteiger partial charge in [-0.15, -0.1) is 0 Å². The number of likely N-dealkylation sites (tertiary alicyclic amines) is 1. The average Bonchev–Trinajstić information content (AvgIpc) is 2.79. The molecule has 0 unspecified atom stereocenters. The zero-order chi connectivity index (χ0) is 21.1. The largest absolute Gasteiger partial charge is 0.378 e. The Hall–Kier alpha value is -2.87. The van der Waals surface area contributed by atoms with Crippen molar-refractivity contribution in [1.29, 1.82) is 0 Å². The van der Waals surface area contributed by atoms with Gasteiger partial charge in [0.1, 0.15) is 5.82 Å². The normalized spacial score (nSPS) is 19.6. The number of amides is 2. The molecular formula is C22H25FN4O3. The maximum Gasteiger partial charge on any atom is 0.257 e. The van der Waals surface area contributed by atoms with Crippen molar-refractivity contribution >= 4 is 11.8 Å². The Labute approximate surface area is 174 Å². The molecule has 0 aliphatic carbocycles. The van der Waals surface area contributed by atoms with Gasteiger partial charge >= 0.3 is 0 Å². The van der Waals surface area contributed by atoms with E-state index in [4.69, 9.17) is 4.74 Å². The van der Waals surface area contributed by atoms with Crippen LogP contribution in [-0.4, -0.2) is 64.4 Å². The monoisotopic (exact) mass is 412 g/mol. The Morgan fingerprint density at radius 1 is 1.07 bits per heavy atom. The topological polar surface area (TPSA) is 75.6 Å². The average molecular weight is 412 g/mol. The van der Waals surface area contributed by atoms with Gasteiger partial charge < -0.3 is 14.5 Å². The molecular weight excluding hydrogens is 387 g/mol. The molecule has 2 aromatic rings. The van der Waals surface area contributed by atoms with Gasteiger partial charge in [-0.3, -0.25) is 9.59 Å². The first kappa shape index (κ1) is 20.4. The highest BCUT2D eigenvalue weighted by atomic mass is 19.1. The maximum absolute atomic E-state index is 13.2. The van der Waals surface area contributed by atoms with Crippen molar-refractivity contribution in [3.63, 3.8) is 0 Å². The molecule has 8 heteroatoms. The van der Waals surface area contributed by atoms with E-state index in [1.165, 1.54) is 24.3 Å². The van der Waals surface area contributed by atoms with Crippen molar-refractivity contribution < 1.29 is 18.7 Å². The molecule has 4 rings (SSSR count). The Balaban J connectivity index is 1.56.